The van der Waals surface area contributed by atoms with E-state index in [2.05, 4.69) is 5.32 Å². The number of aryl methyl sites for hydroxylation is 1. The number of sulfonamides is 1. The number of carbonyl (C=O) groups excluding carboxylic acids is 1. The lowest BCUT2D eigenvalue weighted by Gasteiger charge is -2.17. The summed E-state index contributed by atoms with van der Waals surface area (Å²) in [5.74, 6) is -0.314. The highest BCUT2D eigenvalue weighted by Gasteiger charge is 2.21. The largest absolute Gasteiger partial charge is 0.377 e. The van der Waals surface area contributed by atoms with Crippen molar-refractivity contribution in [1.82, 2.24) is 4.47 Å². The first-order valence-corrected chi connectivity index (χ1v) is 9.33. The van der Waals surface area contributed by atoms with Crippen molar-refractivity contribution in [2.75, 3.05) is 38.5 Å². The highest BCUT2D eigenvalue weighted by Crippen LogP contribution is 2.22. The Hall–Kier alpha value is -2.42. The number of benzene rings is 2. The van der Waals surface area contributed by atoms with Crippen molar-refractivity contribution in [3.8, 4) is 0 Å². The molecule has 0 saturated carbocycles. The first-order valence-electron chi connectivity index (χ1n) is 7.89. The highest BCUT2D eigenvalue weighted by atomic mass is 32.2. The SMILES string of the molecule is CON(C)S(=O)(=O)c1ccc(C(=O)Nc2ccc(N(C)C)c(C)c2)cc1. The molecule has 2 aromatic carbocycles. The summed E-state index contributed by atoms with van der Waals surface area (Å²) < 4.78 is 25.1. The smallest absolute Gasteiger partial charge is 0.264 e. The van der Waals surface area contributed by atoms with Gasteiger partial charge in [0.15, 0.2) is 0 Å². The molecule has 140 valence electrons. The number of rotatable bonds is 6. The molecular weight excluding hydrogens is 354 g/mol. The molecule has 0 radical (unpaired) electrons. The first-order chi connectivity index (χ1) is 12.2. The molecule has 0 unspecified atom stereocenters. The third-order valence-electron chi connectivity index (χ3n) is 3.95. The standard InChI is InChI=1S/C18H23N3O4S/c1-13-12-15(8-11-17(13)20(2)3)19-18(22)14-6-9-16(10-7-14)26(23,24)21(4)25-5/h6-12H,1-5H3,(H,19,22). The third-order valence-corrected chi connectivity index (χ3v) is 5.64. The second-order valence-electron chi connectivity index (χ2n) is 5.97. The predicted octanol–water partition coefficient (Wildman–Crippen LogP) is 2.50. The molecule has 2 rings (SSSR count). The van der Waals surface area contributed by atoms with Gasteiger partial charge in [-0.15, -0.1) is 0 Å². The Morgan fingerprint density at radius 3 is 2.15 bits per heavy atom. The summed E-state index contributed by atoms with van der Waals surface area (Å²) in [5, 5.41) is 2.82. The van der Waals surface area contributed by atoms with Crippen LogP contribution in [0, 0.1) is 6.92 Å². The van der Waals surface area contributed by atoms with E-state index in [0.717, 1.165) is 15.7 Å². The number of nitrogens with one attached hydrogen (secondary N) is 1. The van der Waals surface area contributed by atoms with Gasteiger partial charge < -0.3 is 10.2 Å². The summed E-state index contributed by atoms with van der Waals surface area (Å²) in [6.45, 7) is 1.97. The molecule has 0 fully saturated rings. The molecule has 7 nitrogen and oxygen atoms in total. The molecule has 0 spiro atoms. The van der Waals surface area contributed by atoms with Gasteiger partial charge in [-0.25, -0.2) is 8.42 Å². The Kier molecular flexibility index (Phi) is 6.01. The molecule has 0 saturated heterocycles. The van der Waals surface area contributed by atoms with Crippen LogP contribution < -0.4 is 10.2 Å². The number of carbonyl (C=O) groups is 1. The van der Waals surface area contributed by atoms with Crippen LogP contribution in [-0.2, 0) is 14.9 Å². The number of amides is 1. The highest BCUT2D eigenvalue weighted by molar-refractivity contribution is 7.89. The monoisotopic (exact) mass is 377 g/mol. The minimum absolute atomic E-state index is 0.0459. The van der Waals surface area contributed by atoms with Crippen molar-refractivity contribution in [3.63, 3.8) is 0 Å². The lowest BCUT2D eigenvalue weighted by molar-refractivity contribution is -0.0258. The quantitative estimate of drug-likeness (QED) is 0.783. The van der Waals surface area contributed by atoms with Crippen LogP contribution in [0.25, 0.3) is 0 Å². The van der Waals surface area contributed by atoms with Gasteiger partial charge in [0, 0.05) is 38.1 Å². The number of hydrogen-bond donors (Lipinski definition) is 1. The topological polar surface area (TPSA) is 78.9 Å². The van der Waals surface area contributed by atoms with Gasteiger partial charge in [-0.1, -0.05) is 4.47 Å². The zero-order valence-electron chi connectivity index (χ0n) is 15.5. The molecule has 1 amide bonds. The fourth-order valence-electron chi connectivity index (χ4n) is 2.46. The van der Waals surface area contributed by atoms with Crippen molar-refractivity contribution in [1.29, 1.82) is 0 Å². The molecule has 0 aliphatic rings. The molecule has 0 aliphatic heterocycles. The summed E-state index contributed by atoms with van der Waals surface area (Å²) in [5.41, 5.74) is 3.14. The van der Waals surface area contributed by atoms with Gasteiger partial charge in [-0.05, 0) is 55.0 Å². The van der Waals surface area contributed by atoms with E-state index < -0.39 is 10.0 Å². The van der Waals surface area contributed by atoms with Gasteiger partial charge in [-0.3, -0.25) is 9.63 Å². The summed E-state index contributed by atoms with van der Waals surface area (Å²) in [4.78, 5) is 19.2. The fourth-order valence-corrected chi connectivity index (χ4v) is 3.44. The lowest BCUT2D eigenvalue weighted by atomic mass is 10.1. The second kappa shape index (κ2) is 7.86. The molecular formula is C18H23N3O4S. The van der Waals surface area contributed by atoms with Crippen molar-refractivity contribution in [2.45, 2.75) is 11.8 Å². The van der Waals surface area contributed by atoms with Crippen LogP contribution >= 0.6 is 0 Å². The average molecular weight is 377 g/mol. The van der Waals surface area contributed by atoms with E-state index in [0.29, 0.717) is 11.3 Å². The molecule has 0 aromatic heterocycles. The normalized spacial score (nSPS) is 11.5. The van der Waals surface area contributed by atoms with Crippen LogP contribution in [0.3, 0.4) is 0 Å². The average Bonchev–Trinajstić information content (AvgIpc) is 2.60. The van der Waals surface area contributed by atoms with Crippen LogP contribution in [0.2, 0.25) is 0 Å². The number of anilines is 2. The molecule has 2 aromatic rings. The zero-order valence-corrected chi connectivity index (χ0v) is 16.3. The molecule has 0 aliphatic carbocycles. The number of hydrogen-bond acceptors (Lipinski definition) is 5. The van der Waals surface area contributed by atoms with Crippen LogP contribution in [0.15, 0.2) is 47.4 Å². The Balaban J connectivity index is 2.17. The molecule has 0 heterocycles. The van der Waals surface area contributed by atoms with E-state index in [4.69, 9.17) is 4.84 Å². The molecule has 8 heteroatoms. The first kappa shape index (κ1) is 19.9. The van der Waals surface area contributed by atoms with Crippen LogP contribution in [0.5, 0.6) is 0 Å². The summed E-state index contributed by atoms with van der Waals surface area (Å²) in [7, 11) is 2.74. The Labute approximate surface area is 154 Å². The van der Waals surface area contributed by atoms with Crippen molar-refractivity contribution >= 4 is 27.3 Å². The van der Waals surface area contributed by atoms with Gasteiger partial charge in [0.05, 0.1) is 12.0 Å². The molecule has 1 N–H and O–H groups in total. The van der Waals surface area contributed by atoms with Crippen molar-refractivity contribution < 1.29 is 18.0 Å². The van der Waals surface area contributed by atoms with Gasteiger partial charge in [0.1, 0.15) is 0 Å². The summed E-state index contributed by atoms with van der Waals surface area (Å²) in [6.07, 6.45) is 0. The number of nitrogens with zero attached hydrogens (tertiary/aromatic N) is 2. The van der Waals surface area contributed by atoms with Gasteiger partial charge in [-0.2, -0.15) is 0 Å². The maximum absolute atomic E-state index is 12.4. The Morgan fingerprint density at radius 1 is 1.04 bits per heavy atom. The van der Waals surface area contributed by atoms with E-state index in [9.17, 15) is 13.2 Å². The summed E-state index contributed by atoms with van der Waals surface area (Å²) in [6, 6.07) is 11.3. The second-order valence-corrected chi connectivity index (χ2v) is 7.91. The van der Waals surface area contributed by atoms with E-state index in [1.54, 1.807) is 0 Å². The van der Waals surface area contributed by atoms with Crippen LogP contribution in [0.4, 0.5) is 11.4 Å². The fraction of sp³-hybridized carbons (Fsp3) is 0.278. The number of hydroxylamine groups is 1. The van der Waals surface area contributed by atoms with E-state index >= 15 is 0 Å². The van der Waals surface area contributed by atoms with Gasteiger partial charge in [0.2, 0.25) is 0 Å². The van der Waals surface area contributed by atoms with Crippen LogP contribution in [0.1, 0.15) is 15.9 Å². The molecule has 26 heavy (non-hydrogen) atoms. The van der Waals surface area contributed by atoms with Crippen molar-refractivity contribution in [2.24, 2.45) is 0 Å². The minimum atomic E-state index is -3.73. The maximum Gasteiger partial charge on any atom is 0.264 e. The maximum atomic E-state index is 12.4. The Bertz CT molecular complexity index is 893. The van der Waals surface area contributed by atoms with Gasteiger partial charge >= 0.3 is 0 Å². The predicted molar refractivity (Wildman–Crippen MR) is 102 cm³/mol. The third kappa shape index (κ3) is 4.21. The van der Waals surface area contributed by atoms with E-state index in [1.807, 2.05) is 44.1 Å². The van der Waals surface area contributed by atoms with E-state index in [-0.39, 0.29) is 10.8 Å². The van der Waals surface area contributed by atoms with Crippen LogP contribution in [-0.4, -0.2) is 47.0 Å². The Morgan fingerprint density at radius 2 is 1.65 bits per heavy atom. The van der Waals surface area contributed by atoms with Crippen molar-refractivity contribution in [3.05, 3.63) is 53.6 Å². The lowest BCUT2D eigenvalue weighted by Crippen LogP contribution is -2.25. The molecule has 0 atom stereocenters. The van der Waals surface area contributed by atoms with Gasteiger partial charge in [0.25, 0.3) is 15.9 Å². The van der Waals surface area contributed by atoms with E-state index in [1.165, 1.54) is 38.4 Å². The summed E-state index contributed by atoms with van der Waals surface area (Å²) >= 11 is 0. The molecule has 0 bridgehead atoms. The zero-order chi connectivity index (χ0) is 19.5. The minimum Gasteiger partial charge on any atom is -0.377 e.